The molecule has 0 aromatic carbocycles. The van der Waals surface area contributed by atoms with Crippen molar-refractivity contribution in [2.75, 3.05) is 5.32 Å². The first-order valence-corrected chi connectivity index (χ1v) is 6.60. The second-order valence-electron chi connectivity index (χ2n) is 4.03. The summed E-state index contributed by atoms with van der Waals surface area (Å²) < 4.78 is 0. The average molecular weight is 261 g/mol. The highest BCUT2D eigenvalue weighted by molar-refractivity contribution is 7.15. The van der Waals surface area contributed by atoms with Gasteiger partial charge >= 0.3 is 0 Å². The Morgan fingerprint density at radius 2 is 2.22 bits per heavy atom. The molecule has 5 heteroatoms. The lowest BCUT2D eigenvalue weighted by atomic mass is 10.2. The van der Waals surface area contributed by atoms with Crippen molar-refractivity contribution in [3.05, 3.63) is 40.7 Å². The second kappa shape index (κ2) is 5.73. The van der Waals surface area contributed by atoms with Crippen molar-refractivity contribution in [2.24, 2.45) is 0 Å². The molecule has 0 atom stereocenters. The molecule has 0 unspecified atom stereocenters. The van der Waals surface area contributed by atoms with Crippen LogP contribution < -0.4 is 5.32 Å². The van der Waals surface area contributed by atoms with E-state index in [1.807, 2.05) is 32.0 Å². The molecule has 2 rings (SSSR count). The third-order valence-corrected chi connectivity index (χ3v) is 3.60. The van der Waals surface area contributed by atoms with Crippen LogP contribution in [-0.4, -0.2) is 15.9 Å². The van der Waals surface area contributed by atoms with Gasteiger partial charge in [0.15, 0.2) is 5.13 Å². The minimum atomic E-state index is -0.0191. The molecule has 0 bridgehead atoms. The van der Waals surface area contributed by atoms with Gasteiger partial charge in [-0.05, 0) is 32.4 Å². The molecule has 0 saturated heterocycles. The van der Waals surface area contributed by atoms with Crippen LogP contribution in [0.25, 0.3) is 0 Å². The Balaban J connectivity index is 1.86. The monoisotopic (exact) mass is 261 g/mol. The Kier molecular flexibility index (Phi) is 4.04. The van der Waals surface area contributed by atoms with E-state index < -0.39 is 0 Å². The average Bonchev–Trinajstić information content (AvgIpc) is 2.67. The lowest BCUT2D eigenvalue weighted by Crippen LogP contribution is -2.12. The van der Waals surface area contributed by atoms with Gasteiger partial charge in [-0.3, -0.25) is 9.78 Å². The Labute approximate surface area is 110 Å². The van der Waals surface area contributed by atoms with Gasteiger partial charge in [-0.15, -0.1) is 11.3 Å². The number of thiazole rings is 1. The molecule has 4 nitrogen and oxygen atoms in total. The van der Waals surface area contributed by atoms with Crippen LogP contribution in [0.5, 0.6) is 0 Å². The highest BCUT2D eigenvalue weighted by Gasteiger charge is 2.08. The van der Waals surface area contributed by atoms with Gasteiger partial charge in [-0.2, -0.15) is 0 Å². The summed E-state index contributed by atoms with van der Waals surface area (Å²) >= 11 is 1.51. The van der Waals surface area contributed by atoms with Crippen LogP contribution in [-0.2, 0) is 11.2 Å². The van der Waals surface area contributed by atoms with Crippen LogP contribution in [0.3, 0.4) is 0 Å². The lowest BCUT2D eigenvalue weighted by Gasteiger charge is -2.01. The third kappa shape index (κ3) is 3.37. The van der Waals surface area contributed by atoms with Crippen LogP contribution in [0.1, 0.15) is 22.7 Å². The minimum absolute atomic E-state index is 0.0191. The van der Waals surface area contributed by atoms with Crippen LogP contribution >= 0.6 is 11.3 Å². The van der Waals surface area contributed by atoms with Crippen LogP contribution in [0.15, 0.2) is 24.4 Å². The number of anilines is 1. The van der Waals surface area contributed by atoms with Crippen LogP contribution in [0.2, 0.25) is 0 Å². The number of carbonyl (C=O) groups is 1. The largest absolute Gasteiger partial charge is 0.302 e. The molecule has 0 aliphatic heterocycles. The van der Waals surface area contributed by atoms with Gasteiger partial charge in [0.25, 0.3) is 0 Å². The number of nitrogens with zero attached hydrogens (tertiary/aromatic N) is 2. The molecule has 0 fully saturated rings. The molecule has 0 saturated carbocycles. The molecule has 0 spiro atoms. The summed E-state index contributed by atoms with van der Waals surface area (Å²) in [4.78, 5) is 21.3. The summed E-state index contributed by atoms with van der Waals surface area (Å²) in [6, 6.07) is 5.71. The number of amides is 1. The van der Waals surface area contributed by atoms with Crippen molar-refractivity contribution >= 4 is 22.4 Å². The Hall–Kier alpha value is -1.75. The molecule has 1 amide bonds. The first kappa shape index (κ1) is 12.7. The summed E-state index contributed by atoms with van der Waals surface area (Å²) in [6.07, 6.45) is 2.81. The van der Waals surface area contributed by atoms with Gasteiger partial charge in [-0.1, -0.05) is 6.07 Å². The second-order valence-corrected chi connectivity index (χ2v) is 5.23. The minimum Gasteiger partial charge on any atom is -0.302 e. The van der Waals surface area contributed by atoms with Crippen molar-refractivity contribution in [1.82, 2.24) is 9.97 Å². The molecule has 1 N–H and O–H groups in total. The lowest BCUT2D eigenvalue weighted by molar-refractivity contribution is -0.116. The fourth-order valence-electron chi connectivity index (χ4n) is 1.50. The number of aryl methyl sites for hydroxylation is 3. The number of hydrogen-bond donors (Lipinski definition) is 1. The van der Waals surface area contributed by atoms with Crippen molar-refractivity contribution in [2.45, 2.75) is 26.7 Å². The van der Waals surface area contributed by atoms with E-state index in [2.05, 4.69) is 15.3 Å². The number of hydrogen-bond acceptors (Lipinski definition) is 4. The maximum Gasteiger partial charge on any atom is 0.226 e. The maximum atomic E-state index is 11.7. The molecule has 2 aromatic rings. The van der Waals surface area contributed by atoms with Crippen molar-refractivity contribution < 1.29 is 4.79 Å². The van der Waals surface area contributed by atoms with Crippen LogP contribution in [0.4, 0.5) is 5.13 Å². The van der Waals surface area contributed by atoms with E-state index in [0.29, 0.717) is 18.0 Å². The summed E-state index contributed by atoms with van der Waals surface area (Å²) in [5, 5.41) is 3.49. The van der Waals surface area contributed by atoms with E-state index in [4.69, 9.17) is 0 Å². The smallest absolute Gasteiger partial charge is 0.226 e. The van der Waals surface area contributed by atoms with Gasteiger partial charge < -0.3 is 5.32 Å². The Bertz CT molecular complexity index is 517. The third-order valence-electron chi connectivity index (χ3n) is 2.61. The van der Waals surface area contributed by atoms with Crippen LogP contribution in [0, 0.1) is 13.8 Å². The highest BCUT2D eigenvalue weighted by atomic mass is 32.1. The van der Waals surface area contributed by atoms with Gasteiger partial charge in [0.2, 0.25) is 5.91 Å². The molecule has 0 radical (unpaired) electrons. The fraction of sp³-hybridized carbons (Fsp3) is 0.308. The summed E-state index contributed by atoms with van der Waals surface area (Å²) in [5.41, 5.74) is 1.90. The zero-order chi connectivity index (χ0) is 13.0. The maximum absolute atomic E-state index is 11.7. The number of carbonyl (C=O) groups excluding carboxylic acids is 1. The topological polar surface area (TPSA) is 54.9 Å². The van der Waals surface area contributed by atoms with E-state index in [0.717, 1.165) is 16.3 Å². The van der Waals surface area contributed by atoms with Crippen molar-refractivity contribution in [3.8, 4) is 0 Å². The molecule has 18 heavy (non-hydrogen) atoms. The van der Waals surface area contributed by atoms with Gasteiger partial charge in [-0.25, -0.2) is 4.98 Å². The predicted octanol–water partition coefficient (Wildman–Crippen LogP) is 2.73. The van der Waals surface area contributed by atoms with E-state index >= 15 is 0 Å². The number of rotatable bonds is 4. The standard InChI is InChI=1S/C13H15N3OS/c1-9-10(2)18-13(15-9)16-12(17)7-6-11-5-3-4-8-14-11/h3-5,8H,6-7H2,1-2H3,(H,15,16,17). The molecule has 0 aliphatic carbocycles. The zero-order valence-corrected chi connectivity index (χ0v) is 11.3. The summed E-state index contributed by atoms with van der Waals surface area (Å²) in [5.74, 6) is -0.0191. The van der Waals surface area contributed by atoms with E-state index in [1.54, 1.807) is 6.20 Å². The van der Waals surface area contributed by atoms with Gasteiger partial charge in [0, 0.05) is 23.2 Å². The Morgan fingerprint density at radius 1 is 1.39 bits per heavy atom. The summed E-state index contributed by atoms with van der Waals surface area (Å²) in [7, 11) is 0. The number of nitrogens with one attached hydrogen (secondary N) is 1. The molecular formula is C13H15N3OS. The summed E-state index contributed by atoms with van der Waals surface area (Å²) in [6.45, 7) is 3.94. The zero-order valence-electron chi connectivity index (χ0n) is 10.4. The fourth-order valence-corrected chi connectivity index (χ4v) is 2.33. The van der Waals surface area contributed by atoms with Gasteiger partial charge in [0.1, 0.15) is 0 Å². The first-order chi connectivity index (χ1) is 8.65. The van der Waals surface area contributed by atoms with Gasteiger partial charge in [0.05, 0.1) is 5.69 Å². The van der Waals surface area contributed by atoms with Crippen molar-refractivity contribution in [3.63, 3.8) is 0 Å². The number of aromatic nitrogens is 2. The SMILES string of the molecule is Cc1nc(NC(=O)CCc2ccccn2)sc1C. The molecule has 94 valence electrons. The van der Waals surface area contributed by atoms with E-state index in [-0.39, 0.29) is 5.91 Å². The number of pyridine rings is 1. The van der Waals surface area contributed by atoms with Crippen molar-refractivity contribution in [1.29, 1.82) is 0 Å². The Morgan fingerprint density at radius 3 is 2.83 bits per heavy atom. The van der Waals surface area contributed by atoms with E-state index in [1.165, 1.54) is 11.3 Å². The normalized spacial score (nSPS) is 10.3. The molecular weight excluding hydrogens is 246 g/mol. The quantitative estimate of drug-likeness (QED) is 0.920. The molecule has 0 aliphatic rings. The first-order valence-electron chi connectivity index (χ1n) is 5.79. The van der Waals surface area contributed by atoms with E-state index in [9.17, 15) is 4.79 Å². The molecule has 2 heterocycles. The highest BCUT2D eigenvalue weighted by Crippen LogP contribution is 2.21. The molecule has 2 aromatic heterocycles. The predicted molar refractivity (Wildman–Crippen MR) is 72.8 cm³/mol.